The lowest BCUT2D eigenvalue weighted by Gasteiger charge is -2.05. The summed E-state index contributed by atoms with van der Waals surface area (Å²) >= 11 is 11.8. The number of hydrogen-bond acceptors (Lipinski definition) is 4. The number of carbonyl (C=O) groups is 1. The zero-order chi connectivity index (χ0) is 18.0. The van der Waals surface area contributed by atoms with Crippen molar-refractivity contribution in [1.29, 1.82) is 0 Å². The van der Waals surface area contributed by atoms with Crippen LogP contribution in [0.15, 0.2) is 52.4 Å². The van der Waals surface area contributed by atoms with Gasteiger partial charge in [-0.15, -0.1) is 0 Å². The molecule has 3 rings (SSSR count). The Morgan fingerprint density at radius 3 is 2.52 bits per heavy atom. The van der Waals surface area contributed by atoms with E-state index < -0.39 is 10.0 Å². The monoisotopic (exact) mass is 397 g/mol. The van der Waals surface area contributed by atoms with Gasteiger partial charge in [0.2, 0.25) is 5.91 Å². The molecule has 2 aromatic rings. The van der Waals surface area contributed by atoms with Crippen molar-refractivity contribution >= 4 is 50.7 Å². The van der Waals surface area contributed by atoms with Gasteiger partial charge >= 0.3 is 0 Å². The van der Waals surface area contributed by atoms with E-state index in [9.17, 15) is 13.2 Å². The van der Waals surface area contributed by atoms with Gasteiger partial charge in [-0.1, -0.05) is 35.3 Å². The maximum Gasteiger partial charge on any atom is 0.263 e. The van der Waals surface area contributed by atoms with Gasteiger partial charge in [0.15, 0.2) is 0 Å². The number of rotatable bonds is 4. The number of nitrogens with zero attached hydrogens (tertiary/aromatic N) is 1. The van der Waals surface area contributed by atoms with Gasteiger partial charge in [-0.3, -0.25) is 14.5 Å². The molecule has 2 N–H and O–H groups in total. The zero-order valence-electron chi connectivity index (χ0n) is 12.8. The van der Waals surface area contributed by atoms with E-state index in [1.807, 2.05) is 0 Å². The van der Waals surface area contributed by atoms with E-state index in [1.165, 1.54) is 6.07 Å². The number of fused-ring (bicyclic) bond motifs is 1. The van der Waals surface area contributed by atoms with Gasteiger partial charge in [0, 0.05) is 27.7 Å². The molecule has 1 amide bonds. The van der Waals surface area contributed by atoms with Crippen LogP contribution >= 0.6 is 23.2 Å². The largest absolute Gasteiger partial charge is 0.326 e. The number of nitrogens with one attached hydrogen (secondary N) is 2. The number of sulfonamides is 1. The molecule has 0 radical (unpaired) electrons. The van der Waals surface area contributed by atoms with Crippen LogP contribution in [-0.4, -0.2) is 26.7 Å². The van der Waals surface area contributed by atoms with Gasteiger partial charge < -0.3 is 5.32 Å². The Balaban J connectivity index is 1.65. The fraction of sp³-hybridized carbons (Fsp3) is 0.125. The minimum Gasteiger partial charge on any atom is -0.326 e. The van der Waals surface area contributed by atoms with Crippen molar-refractivity contribution in [3.8, 4) is 0 Å². The van der Waals surface area contributed by atoms with E-state index in [-0.39, 0.29) is 29.6 Å². The first-order valence-corrected chi connectivity index (χ1v) is 9.52. The van der Waals surface area contributed by atoms with Gasteiger partial charge in [-0.25, -0.2) is 8.42 Å². The molecule has 0 spiro atoms. The molecule has 25 heavy (non-hydrogen) atoms. The van der Waals surface area contributed by atoms with Crippen molar-refractivity contribution in [1.82, 2.24) is 4.72 Å². The molecule has 1 aliphatic rings. The van der Waals surface area contributed by atoms with Crippen LogP contribution in [0.25, 0.3) is 0 Å². The second kappa shape index (κ2) is 7.03. The lowest BCUT2D eigenvalue weighted by molar-refractivity contribution is -0.116. The highest BCUT2D eigenvalue weighted by Crippen LogP contribution is 2.23. The summed E-state index contributed by atoms with van der Waals surface area (Å²) in [6, 6.07) is 11.3. The van der Waals surface area contributed by atoms with E-state index >= 15 is 0 Å². The molecule has 1 aliphatic heterocycles. The lowest BCUT2D eigenvalue weighted by Crippen LogP contribution is -2.23. The lowest BCUT2D eigenvalue weighted by atomic mass is 10.2. The van der Waals surface area contributed by atoms with Crippen LogP contribution < -0.4 is 10.0 Å². The van der Waals surface area contributed by atoms with Crippen molar-refractivity contribution in [3.05, 3.63) is 58.1 Å². The van der Waals surface area contributed by atoms with E-state index in [4.69, 9.17) is 23.2 Å². The van der Waals surface area contributed by atoms with Crippen molar-refractivity contribution in [2.45, 2.75) is 11.3 Å². The molecular weight excluding hydrogens is 385 g/mol. The van der Waals surface area contributed by atoms with Gasteiger partial charge in [-0.2, -0.15) is 0 Å². The third-order valence-corrected chi connectivity index (χ3v) is 5.25. The average molecular weight is 398 g/mol. The van der Waals surface area contributed by atoms with Crippen LogP contribution in [0.4, 0.5) is 5.69 Å². The summed E-state index contributed by atoms with van der Waals surface area (Å²) in [5.74, 6) is -0.0361. The summed E-state index contributed by atoms with van der Waals surface area (Å²) < 4.78 is 26.3. The molecule has 0 bridgehead atoms. The second-order valence-electron chi connectivity index (χ2n) is 5.29. The standard InChI is InChI=1S/C16H13Cl2N3O3S/c17-10-7-11(18)9-12(8-10)20-15(22)5-6-19-16-13-3-1-2-4-14(13)25(23,24)21-16/h1-4,7-9H,5-6H2,(H,19,21)(H,20,22). The predicted octanol–water partition coefficient (Wildman–Crippen LogP) is 3.06. The van der Waals surface area contributed by atoms with E-state index in [0.29, 0.717) is 21.3 Å². The molecule has 1 heterocycles. The summed E-state index contributed by atoms with van der Waals surface area (Å²) in [4.78, 5) is 16.4. The van der Waals surface area contributed by atoms with Gasteiger partial charge in [-0.05, 0) is 30.3 Å². The Kier molecular flexibility index (Phi) is 4.99. The molecule has 0 saturated carbocycles. The smallest absolute Gasteiger partial charge is 0.263 e. The third kappa shape index (κ3) is 4.12. The average Bonchev–Trinajstić information content (AvgIpc) is 2.78. The van der Waals surface area contributed by atoms with E-state index in [0.717, 1.165) is 0 Å². The number of benzene rings is 2. The Bertz CT molecular complexity index is 954. The summed E-state index contributed by atoms with van der Waals surface area (Å²) in [5.41, 5.74) is 0.992. The summed E-state index contributed by atoms with van der Waals surface area (Å²) in [6.07, 6.45) is 0.0809. The topological polar surface area (TPSA) is 87.6 Å². The number of amidine groups is 1. The van der Waals surface area contributed by atoms with Crippen molar-refractivity contribution < 1.29 is 13.2 Å². The zero-order valence-corrected chi connectivity index (χ0v) is 15.1. The SMILES string of the molecule is O=C(CCN=C1NS(=O)(=O)c2ccccc21)Nc1cc(Cl)cc(Cl)c1. The molecule has 2 aromatic carbocycles. The van der Waals surface area contributed by atoms with Crippen LogP contribution in [0.3, 0.4) is 0 Å². The number of carbonyl (C=O) groups excluding carboxylic acids is 1. The molecule has 0 unspecified atom stereocenters. The molecular formula is C16H13Cl2N3O3S. The highest BCUT2D eigenvalue weighted by Gasteiger charge is 2.29. The minimum absolute atomic E-state index is 0.0809. The Labute approximate surface area is 154 Å². The molecule has 0 saturated heterocycles. The Hall–Kier alpha value is -2.09. The maximum absolute atomic E-state index is 12.0. The van der Waals surface area contributed by atoms with Gasteiger partial charge in [0.1, 0.15) is 5.84 Å². The minimum atomic E-state index is -3.57. The molecule has 0 aromatic heterocycles. The molecule has 0 fully saturated rings. The number of aliphatic imine (C=N–C) groups is 1. The first kappa shape index (κ1) is 17.7. The number of halogens is 2. The predicted molar refractivity (Wildman–Crippen MR) is 97.9 cm³/mol. The van der Waals surface area contributed by atoms with Crippen LogP contribution in [0, 0.1) is 0 Å². The van der Waals surface area contributed by atoms with Crippen molar-refractivity contribution in [2.75, 3.05) is 11.9 Å². The molecule has 130 valence electrons. The Morgan fingerprint density at radius 1 is 1.12 bits per heavy atom. The quantitative estimate of drug-likeness (QED) is 0.830. The maximum atomic E-state index is 12.0. The third-order valence-electron chi connectivity index (χ3n) is 3.42. The number of amides is 1. The van der Waals surface area contributed by atoms with Crippen LogP contribution in [-0.2, 0) is 14.8 Å². The summed E-state index contributed by atoms with van der Waals surface area (Å²) in [6.45, 7) is 0.131. The molecule has 6 nitrogen and oxygen atoms in total. The van der Waals surface area contributed by atoms with Crippen LogP contribution in [0.1, 0.15) is 12.0 Å². The van der Waals surface area contributed by atoms with Crippen LogP contribution in [0.2, 0.25) is 10.0 Å². The number of hydrogen-bond donors (Lipinski definition) is 2. The van der Waals surface area contributed by atoms with Gasteiger partial charge in [0.05, 0.1) is 11.4 Å². The van der Waals surface area contributed by atoms with Crippen molar-refractivity contribution in [3.63, 3.8) is 0 Å². The van der Waals surface area contributed by atoms with E-state index in [1.54, 1.807) is 36.4 Å². The summed E-state index contributed by atoms with van der Waals surface area (Å²) in [7, 11) is -3.57. The molecule has 0 atom stereocenters. The first-order valence-electron chi connectivity index (χ1n) is 7.28. The van der Waals surface area contributed by atoms with Crippen LogP contribution in [0.5, 0.6) is 0 Å². The fourth-order valence-electron chi connectivity index (χ4n) is 2.37. The highest BCUT2D eigenvalue weighted by molar-refractivity contribution is 7.90. The second-order valence-corrected chi connectivity index (χ2v) is 7.81. The van der Waals surface area contributed by atoms with Gasteiger partial charge in [0.25, 0.3) is 10.0 Å². The normalized spacial score (nSPS) is 16.3. The summed E-state index contributed by atoms with van der Waals surface area (Å²) in [5, 5.41) is 3.50. The first-order chi connectivity index (χ1) is 11.8. The highest BCUT2D eigenvalue weighted by atomic mass is 35.5. The fourth-order valence-corrected chi connectivity index (χ4v) is 4.15. The van der Waals surface area contributed by atoms with Crippen molar-refractivity contribution in [2.24, 2.45) is 4.99 Å². The molecule has 0 aliphatic carbocycles. The molecule has 9 heteroatoms. The number of anilines is 1. The Morgan fingerprint density at radius 2 is 1.80 bits per heavy atom. The van der Waals surface area contributed by atoms with E-state index in [2.05, 4.69) is 15.0 Å².